The Kier molecular flexibility index (Phi) is 6.15. The van der Waals surface area contributed by atoms with Gasteiger partial charge in [0.15, 0.2) is 0 Å². The summed E-state index contributed by atoms with van der Waals surface area (Å²) in [7, 11) is -1.33. The topological polar surface area (TPSA) is 43.4 Å². The molecule has 4 heteroatoms. The number of ether oxygens (including phenoxy) is 1. The zero-order valence-corrected chi connectivity index (χ0v) is 19.1. The maximum atomic E-state index is 12.7. The molecular formula is C28H24O3Si. The van der Waals surface area contributed by atoms with Gasteiger partial charge in [-0.3, -0.25) is 4.79 Å². The van der Waals surface area contributed by atoms with Gasteiger partial charge in [0.25, 0.3) is 0 Å². The molecule has 1 unspecified atom stereocenters. The molecule has 0 bridgehead atoms. The van der Waals surface area contributed by atoms with Crippen LogP contribution in [-0.4, -0.2) is 27.4 Å². The van der Waals surface area contributed by atoms with Crippen molar-refractivity contribution in [1.82, 2.24) is 0 Å². The van der Waals surface area contributed by atoms with Gasteiger partial charge in [0.05, 0.1) is 12.7 Å². The molecule has 0 fully saturated rings. The lowest BCUT2D eigenvalue weighted by atomic mass is 10.1. The lowest BCUT2D eigenvalue weighted by Gasteiger charge is -2.32. The van der Waals surface area contributed by atoms with Crippen molar-refractivity contribution < 1.29 is 14.3 Å². The Bertz CT molecular complexity index is 1250. The van der Waals surface area contributed by atoms with Crippen LogP contribution in [0.25, 0.3) is 11.1 Å². The molecule has 0 saturated heterocycles. The zero-order valence-electron chi connectivity index (χ0n) is 18.1. The SMILES string of the molecule is COC(=O)c1ccccc1[Si](C)(c1ccc(-c2ccccc2)cc1)c1ccccc1C=O. The quantitative estimate of drug-likeness (QED) is 0.198. The number of hydrogen-bond donors (Lipinski definition) is 0. The van der Waals surface area contributed by atoms with E-state index >= 15 is 0 Å². The van der Waals surface area contributed by atoms with Crippen LogP contribution in [0.3, 0.4) is 0 Å². The second-order valence-electron chi connectivity index (χ2n) is 7.81. The predicted octanol–water partition coefficient (Wildman–Crippen LogP) is 4.05. The average molecular weight is 437 g/mol. The summed E-state index contributed by atoms with van der Waals surface area (Å²) in [4.78, 5) is 24.6. The van der Waals surface area contributed by atoms with E-state index in [1.165, 1.54) is 7.11 Å². The summed E-state index contributed by atoms with van der Waals surface area (Å²) >= 11 is 0. The summed E-state index contributed by atoms with van der Waals surface area (Å²) in [5.41, 5.74) is 3.45. The highest BCUT2D eigenvalue weighted by Gasteiger charge is 2.38. The highest BCUT2D eigenvalue weighted by molar-refractivity contribution is 7.11. The van der Waals surface area contributed by atoms with E-state index in [0.29, 0.717) is 11.1 Å². The number of aldehydes is 1. The third-order valence-electron chi connectivity index (χ3n) is 6.07. The molecule has 4 aromatic carbocycles. The number of hydrogen-bond acceptors (Lipinski definition) is 3. The fourth-order valence-electron chi connectivity index (χ4n) is 4.34. The molecule has 0 amide bonds. The first kappa shape index (κ1) is 21.5. The van der Waals surface area contributed by atoms with Gasteiger partial charge in [-0.05, 0) is 32.8 Å². The minimum atomic E-state index is -2.72. The van der Waals surface area contributed by atoms with E-state index in [4.69, 9.17) is 4.74 Å². The van der Waals surface area contributed by atoms with Crippen LogP contribution in [0, 0.1) is 0 Å². The largest absolute Gasteiger partial charge is 0.465 e. The molecule has 4 rings (SSSR count). The minimum Gasteiger partial charge on any atom is -0.465 e. The van der Waals surface area contributed by atoms with E-state index in [1.54, 1.807) is 6.07 Å². The highest BCUT2D eigenvalue weighted by Crippen LogP contribution is 2.19. The van der Waals surface area contributed by atoms with E-state index in [-0.39, 0.29) is 5.97 Å². The van der Waals surface area contributed by atoms with Crippen molar-refractivity contribution in [1.29, 1.82) is 0 Å². The monoisotopic (exact) mass is 436 g/mol. The van der Waals surface area contributed by atoms with Crippen molar-refractivity contribution >= 4 is 35.9 Å². The van der Waals surface area contributed by atoms with Crippen molar-refractivity contribution in [2.45, 2.75) is 6.55 Å². The normalized spacial score (nSPS) is 12.6. The number of benzene rings is 4. The summed E-state index contributed by atoms with van der Waals surface area (Å²) in [6.07, 6.45) is 0.902. The lowest BCUT2D eigenvalue weighted by molar-refractivity contribution is 0.0602. The van der Waals surface area contributed by atoms with Gasteiger partial charge >= 0.3 is 5.97 Å². The molecule has 0 heterocycles. The molecule has 0 aliphatic rings. The number of methoxy groups -OCH3 is 1. The second kappa shape index (κ2) is 9.16. The first-order chi connectivity index (χ1) is 15.6. The fraction of sp³-hybridized carbons (Fsp3) is 0.0714. The van der Waals surface area contributed by atoms with Crippen molar-refractivity contribution in [2.75, 3.05) is 7.11 Å². The van der Waals surface area contributed by atoms with Crippen molar-refractivity contribution in [3.05, 3.63) is 114 Å². The van der Waals surface area contributed by atoms with Crippen LogP contribution in [0.15, 0.2) is 103 Å². The van der Waals surface area contributed by atoms with Gasteiger partial charge in [0, 0.05) is 5.56 Å². The maximum Gasteiger partial charge on any atom is 0.337 e. The summed E-state index contributed by atoms with van der Waals surface area (Å²) in [5, 5.41) is 3.01. The molecule has 0 N–H and O–H groups in total. The van der Waals surface area contributed by atoms with Crippen LogP contribution in [0.4, 0.5) is 0 Å². The van der Waals surface area contributed by atoms with E-state index in [1.807, 2.05) is 60.7 Å². The van der Waals surface area contributed by atoms with Crippen molar-refractivity contribution in [3.8, 4) is 11.1 Å². The van der Waals surface area contributed by atoms with Gasteiger partial charge in [0.2, 0.25) is 0 Å². The van der Waals surface area contributed by atoms with E-state index < -0.39 is 8.07 Å². The summed E-state index contributed by atoms with van der Waals surface area (Å²) in [6.45, 7) is 2.19. The van der Waals surface area contributed by atoms with Gasteiger partial charge in [0.1, 0.15) is 14.4 Å². The van der Waals surface area contributed by atoms with Gasteiger partial charge in [-0.15, -0.1) is 0 Å². The van der Waals surface area contributed by atoms with Gasteiger partial charge in [-0.1, -0.05) is 104 Å². The van der Waals surface area contributed by atoms with Gasteiger partial charge in [-0.25, -0.2) is 4.79 Å². The molecule has 0 aliphatic carbocycles. The van der Waals surface area contributed by atoms with Crippen LogP contribution in [0.2, 0.25) is 6.55 Å². The Morgan fingerprint density at radius 3 is 1.94 bits per heavy atom. The molecule has 3 nitrogen and oxygen atoms in total. The molecule has 158 valence electrons. The number of carbonyl (C=O) groups excluding carboxylic acids is 2. The first-order valence-electron chi connectivity index (χ1n) is 10.5. The van der Waals surface area contributed by atoms with E-state index in [0.717, 1.165) is 33.0 Å². The molecule has 0 radical (unpaired) electrons. The Morgan fingerprint density at radius 2 is 1.28 bits per heavy atom. The van der Waals surface area contributed by atoms with Crippen LogP contribution in [0.5, 0.6) is 0 Å². The summed E-state index contributed by atoms with van der Waals surface area (Å²) in [5.74, 6) is -0.371. The number of carbonyl (C=O) groups is 2. The molecule has 0 aliphatic heterocycles. The van der Waals surface area contributed by atoms with Crippen LogP contribution in [-0.2, 0) is 4.74 Å². The Morgan fingerprint density at radius 1 is 0.719 bits per heavy atom. The fourth-order valence-corrected chi connectivity index (χ4v) is 8.39. The van der Waals surface area contributed by atoms with Crippen LogP contribution >= 0.6 is 0 Å². The molecule has 4 aromatic rings. The smallest absolute Gasteiger partial charge is 0.337 e. The first-order valence-corrected chi connectivity index (χ1v) is 13.0. The Hall–Kier alpha value is -3.76. The predicted molar refractivity (Wildman–Crippen MR) is 132 cm³/mol. The summed E-state index contributed by atoms with van der Waals surface area (Å²) < 4.78 is 5.09. The van der Waals surface area contributed by atoms with Crippen LogP contribution in [0.1, 0.15) is 20.7 Å². The minimum absolute atomic E-state index is 0.371. The second-order valence-corrected chi connectivity index (χ2v) is 11.7. The molecular weight excluding hydrogens is 412 g/mol. The highest BCUT2D eigenvalue weighted by atomic mass is 28.3. The Balaban J connectivity index is 1.96. The number of rotatable bonds is 6. The molecule has 0 spiro atoms. The molecule has 0 aromatic heterocycles. The standard InChI is InChI=1S/C28H24O3Si/c1-31-28(30)25-13-7-9-15-27(25)32(2,26-14-8-6-12-23(26)20-29)24-18-16-22(17-19-24)21-10-4-3-5-11-21/h3-20H,1-2H3. The molecule has 0 saturated carbocycles. The van der Waals surface area contributed by atoms with Gasteiger partial charge in [-0.2, -0.15) is 0 Å². The third-order valence-corrected chi connectivity index (χ3v) is 10.6. The maximum absolute atomic E-state index is 12.7. The van der Waals surface area contributed by atoms with Crippen molar-refractivity contribution in [2.24, 2.45) is 0 Å². The Labute approximate surface area is 189 Å². The van der Waals surface area contributed by atoms with Crippen molar-refractivity contribution in [3.63, 3.8) is 0 Å². The molecule has 1 atom stereocenters. The van der Waals surface area contributed by atoms with Crippen LogP contribution < -0.4 is 15.6 Å². The zero-order chi connectivity index (χ0) is 22.6. The molecule has 32 heavy (non-hydrogen) atoms. The van der Waals surface area contributed by atoms with E-state index in [9.17, 15) is 9.59 Å². The van der Waals surface area contributed by atoms with E-state index in [2.05, 4.69) is 42.9 Å². The number of esters is 1. The summed E-state index contributed by atoms with van der Waals surface area (Å²) in [6, 6.07) is 33.9. The van der Waals surface area contributed by atoms with Gasteiger partial charge < -0.3 is 4.74 Å². The lowest BCUT2D eigenvalue weighted by Crippen LogP contribution is -2.66. The average Bonchev–Trinajstić information content (AvgIpc) is 2.88. The third kappa shape index (κ3) is 3.81.